The highest BCUT2D eigenvalue weighted by molar-refractivity contribution is 7.15. The molecule has 3 N–H and O–H groups in total. The van der Waals surface area contributed by atoms with Gasteiger partial charge in [-0.3, -0.25) is 10.1 Å². The molecule has 0 radical (unpaired) electrons. The van der Waals surface area contributed by atoms with Crippen molar-refractivity contribution in [1.82, 2.24) is 4.98 Å². The second-order valence-electron chi connectivity index (χ2n) is 4.06. The predicted octanol–water partition coefficient (Wildman–Crippen LogP) is 3.50. The number of rotatable bonds is 3. The molecule has 0 bridgehead atoms. The third-order valence-electron chi connectivity index (χ3n) is 2.71. The van der Waals surface area contributed by atoms with Crippen LogP contribution in [0.25, 0.3) is 0 Å². The van der Waals surface area contributed by atoms with Crippen LogP contribution in [0.3, 0.4) is 0 Å². The lowest BCUT2D eigenvalue weighted by atomic mass is 10.2. The van der Waals surface area contributed by atoms with Crippen LogP contribution in [0.2, 0.25) is 5.02 Å². The van der Waals surface area contributed by atoms with E-state index in [0.717, 1.165) is 17.0 Å². The Kier molecular flexibility index (Phi) is 4.07. The summed E-state index contributed by atoms with van der Waals surface area (Å²) >= 11 is 7.26. The number of amides is 1. The number of thiazole rings is 1. The summed E-state index contributed by atoms with van der Waals surface area (Å²) in [4.78, 5) is 17.6. The van der Waals surface area contributed by atoms with E-state index in [0.29, 0.717) is 21.4 Å². The van der Waals surface area contributed by atoms with Gasteiger partial charge in [0.15, 0.2) is 5.13 Å². The van der Waals surface area contributed by atoms with Crippen molar-refractivity contribution < 1.29 is 4.79 Å². The topological polar surface area (TPSA) is 68.0 Å². The molecule has 1 aromatic heterocycles. The summed E-state index contributed by atoms with van der Waals surface area (Å²) in [5.41, 5.74) is 7.53. The van der Waals surface area contributed by atoms with Crippen LogP contribution in [-0.4, -0.2) is 10.9 Å². The largest absolute Gasteiger partial charge is 0.398 e. The van der Waals surface area contributed by atoms with Gasteiger partial charge in [0.1, 0.15) is 0 Å². The van der Waals surface area contributed by atoms with Gasteiger partial charge in [-0.1, -0.05) is 18.5 Å². The van der Waals surface area contributed by atoms with Crippen LogP contribution in [0.1, 0.15) is 27.9 Å². The molecule has 0 aliphatic carbocycles. The Morgan fingerprint density at radius 3 is 2.84 bits per heavy atom. The number of hydrogen-bond donors (Lipinski definition) is 2. The van der Waals surface area contributed by atoms with Crippen molar-refractivity contribution in [1.29, 1.82) is 0 Å². The van der Waals surface area contributed by atoms with E-state index < -0.39 is 0 Å². The Labute approximate surface area is 120 Å². The molecular weight excluding hydrogens is 282 g/mol. The number of hydrogen-bond acceptors (Lipinski definition) is 4. The molecule has 19 heavy (non-hydrogen) atoms. The first kappa shape index (κ1) is 13.8. The van der Waals surface area contributed by atoms with Crippen LogP contribution in [0.4, 0.5) is 10.8 Å². The van der Waals surface area contributed by atoms with Crippen LogP contribution in [0.15, 0.2) is 18.2 Å². The zero-order chi connectivity index (χ0) is 14.0. The second kappa shape index (κ2) is 5.59. The monoisotopic (exact) mass is 295 g/mol. The van der Waals surface area contributed by atoms with Gasteiger partial charge in [-0.05, 0) is 31.5 Å². The van der Waals surface area contributed by atoms with E-state index in [-0.39, 0.29) is 5.91 Å². The lowest BCUT2D eigenvalue weighted by molar-refractivity contribution is 0.102. The van der Waals surface area contributed by atoms with Crippen molar-refractivity contribution in [2.75, 3.05) is 11.1 Å². The normalized spacial score (nSPS) is 10.5. The minimum Gasteiger partial charge on any atom is -0.398 e. The lowest BCUT2D eigenvalue weighted by Gasteiger charge is -2.05. The Bertz CT molecular complexity index is 624. The van der Waals surface area contributed by atoms with Gasteiger partial charge in [0, 0.05) is 15.6 Å². The van der Waals surface area contributed by atoms with Crippen LogP contribution in [-0.2, 0) is 6.42 Å². The highest BCUT2D eigenvalue weighted by Gasteiger charge is 2.13. The van der Waals surface area contributed by atoms with Crippen LogP contribution in [0.5, 0.6) is 0 Å². The van der Waals surface area contributed by atoms with Gasteiger partial charge in [-0.2, -0.15) is 0 Å². The first-order valence-corrected chi connectivity index (χ1v) is 7.03. The first-order chi connectivity index (χ1) is 9.01. The van der Waals surface area contributed by atoms with Crippen LogP contribution >= 0.6 is 22.9 Å². The summed E-state index contributed by atoms with van der Waals surface area (Å²) in [5.74, 6) is -0.273. The van der Waals surface area contributed by atoms with Gasteiger partial charge < -0.3 is 5.73 Å². The maximum atomic E-state index is 12.1. The summed E-state index contributed by atoms with van der Waals surface area (Å²) in [6.07, 6.45) is 0.848. The summed E-state index contributed by atoms with van der Waals surface area (Å²) in [6, 6.07) is 4.80. The number of benzene rings is 1. The number of halogens is 1. The quantitative estimate of drug-likeness (QED) is 0.852. The minimum atomic E-state index is -0.273. The maximum absolute atomic E-state index is 12.1. The Hall–Kier alpha value is -1.59. The minimum absolute atomic E-state index is 0.273. The number of aryl methyl sites for hydroxylation is 2. The van der Waals surface area contributed by atoms with Crippen molar-refractivity contribution in [3.05, 3.63) is 39.4 Å². The highest BCUT2D eigenvalue weighted by atomic mass is 35.5. The second-order valence-corrected chi connectivity index (χ2v) is 5.70. The number of carbonyl (C=O) groups excluding carboxylic acids is 1. The molecule has 1 heterocycles. The van der Waals surface area contributed by atoms with E-state index in [9.17, 15) is 4.79 Å². The molecule has 100 valence electrons. The molecule has 0 aliphatic rings. The van der Waals surface area contributed by atoms with Crippen molar-refractivity contribution in [2.24, 2.45) is 0 Å². The van der Waals surface area contributed by atoms with Gasteiger partial charge in [-0.15, -0.1) is 11.3 Å². The Morgan fingerprint density at radius 2 is 2.26 bits per heavy atom. The fourth-order valence-corrected chi connectivity index (χ4v) is 2.79. The average molecular weight is 296 g/mol. The molecule has 2 aromatic rings. The molecule has 0 aliphatic heterocycles. The number of nitrogens with zero attached hydrogens (tertiary/aromatic N) is 1. The Balaban J connectivity index is 2.20. The molecule has 0 fully saturated rings. The number of anilines is 2. The number of nitrogens with one attached hydrogen (secondary N) is 1. The predicted molar refractivity (Wildman–Crippen MR) is 80.0 cm³/mol. The van der Waals surface area contributed by atoms with E-state index in [1.165, 1.54) is 11.3 Å². The van der Waals surface area contributed by atoms with E-state index in [1.54, 1.807) is 18.2 Å². The molecule has 1 aromatic carbocycles. The van der Waals surface area contributed by atoms with E-state index in [1.807, 2.05) is 13.8 Å². The van der Waals surface area contributed by atoms with Crippen molar-refractivity contribution in [3.63, 3.8) is 0 Å². The van der Waals surface area contributed by atoms with Gasteiger partial charge >= 0.3 is 0 Å². The number of nitrogen functional groups attached to an aromatic ring is 1. The molecule has 2 rings (SSSR count). The van der Waals surface area contributed by atoms with E-state index in [2.05, 4.69) is 10.3 Å². The molecule has 0 spiro atoms. The summed E-state index contributed by atoms with van der Waals surface area (Å²) in [7, 11) is 0. The molecule has 1 amide bonds. The third-order valence-corrected chi connectivity index (χ3v) is 3.87. The smallest absolute Gasteiger partial charge is 0.259 e. The SMILES string of the molecule is CCc1nc(NC(=O)c2ccc(Cl)cc2N)sc1C. The maximum Gasteiger partial charge on any atom is 0.259 e. The molecule has 0 saturated carbocycles. The number of carbonyl (C=O) groups is 1. The van der Waals surface area contributed by atoms with Gasteiger partial charge in [-0.25, -0.2) is 4.98 Å². The highest BCUT2D eigenvalue weighted by Crippen LogP contribution is 2.24. The number of aromatic nitrogens is 1. The molecular formula is C13H14ClN3OS. The van der Waals surface area contributed by atoms with E-state index in [4.69, 9.17) is 17.3 Å². The zero-order valence-corrected chi connectivity index (χ0v) is 12.2. The summed E-state index contributed by atoms with van der Waals surface area (Å²) in [5, 5.41) is 3.86. The summed E-state index contributed by atoms with van der Waals surface area (Å²) < 4.78 is 0. The zero-order valence-electron chi connectivity index (χ0n) is 10.7. The van der Waals surface area contributed by atoms with Gasteiger partial charge in [0.2, 0.25) is 0 Å². The van der Waals surface area contributed by atoms with Crippen molar-refractivity contribution in [3.8, 4) is 0 Å². The Morgan fingerprint density at radius 1 is 1.53 bits per heavy atom. The molecule has 0 unspecified atom stereocenters. The average Bonchev–Trinajstić information content (AvgIpc) is 2.69. The van der Waals surface area contributed by atoms with Gasteiger partial charge in [0.25, 0.3) is 5.91 Å². The standard InChI is InChI=1S/C13H14ClN3OS/c1-3-11-7(2)19-13(16-11)17-12(18)9-5-4-8(14)6-10(9)15/h4-6H,3,15H2,1-2H3,(H,16,17,18). The molecule has 0 atom stereocenters. The lowest BCUT2D eigenvalue weighted by Crippen LogP contribution is -2.13. The van der Waals surface area contributed by atoms with Crippen LogP contribution < -0.4 is 11.1 Å². The fourth-order valence-electron chi connectivity index (χ4n) is 1.71. The molecule has 6 heteroatoms. The van der Waals surface area contributed by atoms with Crippen molar-refractivity contribution in [2.45, 2.75) is 20.3 Å². The fraction of sp³-hybridized carbons (Fsp3) is 0.231. The summed E-state index contributed by atoms with van der Waals surface area (Å²) in [6.45, 7) is 4.02. The molecule has 0 saturated heterocycles. The van der Waals surface area contributed by atoms with E-state index >= 15 is 0 Å². The molecule has 4 nitrogen and oxygen atoms in total. The number of nitrogens with two attached hydrogens (primary N) is 1. The van der Waals surface area contributed by atoms with Gasteiger partial charge in [0.05, 0.1) is 11.3 Å². The van der Waals surface area contributed by atoms with Crippen molar-refractivity contribution >= 4 is 39.7 Å². The third kappa shape index (κ3) is 3.05. The first-order valence-electron chi connectivity index (χ1n) is 5.84. The van der Waals surface area contributed by atoms with Crippen LogP contribution in [0, 0.1) is 6.92 Å².